The molecule has 4 heteroatoms. The fourth-order valence-corrected chi connectivity index (χ4v) is 3.34. The van der Waals surface area contributed by atoms with Crippen molar-refractivity contribution in [3.8, 4) is 11.1 Å². The number of anilines is 1. The first-order valence-electron chi connectivity index (χ1n) is 8.72. The first kappa shape index (κ1) is 16.3. The van der Waals surface area contributed by atoms with Gasteiger partial charge >= 0.3 is 6.09 Å². The second-order valence-corrected chi connectivity index (χ2v) is 6.65. The largest absolute Gasteiger partial charge is 0.438 e. The number of pyridine rings is 1. The summed E-state index contributed by atoms with van der Waals surface area (Å²) >= 11 is 0. The van der Waals surface area contributed by atoms with Crippen LogP contribution in [0.1, 0.15) is 18.9 Å². The van der Waals surface area contributed by atoms with Crippen molar-refractivity contribution in [2.75, 3.05) is 11.4 Å². The molecule has 0 saturated carbocycles. The molecule has 1 atom stereocenters. The van der Waals surface area contributed by atoms with Gasteiger partial charge in [0.2, 0.25) is 0 Å². The second-order valence-electron chi connectivity index (χ2n) is 6.65. The zero-order chi connectivity index (χ0) is 18.0. The molecule has 26 heavy (non-hydrogen) atoms. The second kappa shape index (κ2) is 6.64. The Morgan fingerprint density at radius 2 is 1.73 bits per heavy atom. The number of rotatable bonds is 3. The fourth-order valence-electron chi connectivity index (χ4n) is 3.34. The van der Waals surface area contributed by atoms with E-state index in [1.54, 1.807) is 17.3 Å². The smallest absolute Gasteiger partial charge is 0.415 e. The summed E-state index contributed by atoms with van der Waals surface area (Å²) in [5, 5.41) is 0. The van der Waals surface area contributed by atoms with Gasteiger partial charge in [0, 0.05) is 31.0 Å². The number of nitrogens with zero attached hydrogens (tertiary/aromatic N) is 2. The van der Waals surface area contributed by atoms with Crippen molar-refractivity contribution >= 4 is 11.8 Å². The van der Waals surface area contributed by atoms with Crippen molar-refractivity contribution in [3.05, 3.63) is 84.7 Å². The number of aromatic nitrogens is 1. The van der Waals surface area contributed by atoms with Gasteiger partial charge in [-0.15, -0.1) is 0 Å². The summed E-state index contributed by atoms with van der Waals surface area (Å²) in [6.07, 6.45) is 3.96. The average molecular weight is 344 g/mol. The Bertz CT molecular complexity index is 912. The lowest BCUT2D eigenvalue weighted by atomic mass is 9.91. The van der Waals surface area contributed by atoms with Crippen LogP contribution < -0.4 is 4.90 Å². The summed E-state index contributed by atoms with van der Waals surface area (Å²) in [5.74, 6) is 0. The molecule has 1 saturated heterocycles. The summed E-state index contributed by atoms with van der Waals surface area (Å²) < 4.78 is 5.85. The normalized spacial score (nSPS) is 19.9. The Morgan fingerprint density at radius 1 is 0.962 bits per heavy atom. The third-order valence-electron chi connectivity index (χ3n) is 4.90. The molecule has 4 nitrogen and oxygen atoms in total. The van der Waals surface area contributed by atoms with Crippen LogP contribution in [-0.2, 0) is 10.3 Å². The van der Waals surface area contributed by atoms with Gasteiger partial charge < -0.3 is 4.74 Å². The minimum atomic E-state index is -0.586. The van der Waals surface area contributed by atoms with Crippen LogP contribution in [0.5, 0.6) is 0 Å². The van der Waals surface area contributed by atoms with E-state index in [9.17, 15) is 4.79 Å². The molecule has 2 heterocycles. The molecule has 0 bridgehead atoms. The van der Waals surface area contributed by atoms with Gasteiger partial charge in [-0.2, -0.15) is 0 Å². The number of hydrogen-bond donors (Lipinski definition) is 0. The molecule has 1 aliphatic rings. The van der Waals surface area contributed by atoms with Gasteiger partial charge in [-0.25, -0.2) is 4.79 Å². The summed E-state index contributed by atoms with van der Waals surface area (Å²) in [6, 6.07) is 21.8. The van der Waals surface area contributed by atoms with Gasteiger partial charge in [0.1, 0.15) is 5.60 Å². The Hall–Kier alpha value is -3.14. The molecule has 0 aliphatic carbocycles. The van der Waals surface area contributed by atoms with Crippen LogP contribution in [0.4, 0.5) is 10.5 Å². The molecule has 130 valence electrons. The van der Waals surface area contributed by atoms with Gasteiger partial charge in [-0.3, -0.25) is 9.88 Å². The topological polar surface area (TPSA) is 42.4 Å². The molecule has 0 spiro atoms. The summed E-state index contributed by atoms with van der Waals surface area (Å²) in [6.45, 7) is 2.59. The molecule has 0 radical (unpaired) electrons. The maximum atomic E-state index is 12.7. The van der Waals surface area contributed by atoms with Gasteiger partial charge in [0.25, 0.3) is 0 Å². The van der Waals surface area contributed by atoms with Crippen LogP contribution in [0.3, 0.4) is 0 Å². The Balaban J connectivity index is 1.58. The van der Waals surface area contributed by atoms with E-state index in [2.05, 4.69) is 4.98 Å². The van der Waals surface area contributed by atoms with Gasteiger partial charge in [-0.05, 0) is 47.9 Å². The Labute approximate surface area is 153 Å². The third kappa shape index (κ3) is 3.06. The molecule has 1 unspecified atom stereocenters. The number of carbonyl (C=O) groups excluding carboxylic acids is 1. The van der Waals surface area contributed by atoms with Crippen molar-refractivity contribution in [3.63, 3.8) is 0 Å². The molecule has 1 amide bonds. The predicted molar refractivity (Wildman–Crippen MR) is 102 cm³/mol. The molecule has 3 aromatic rings. The van der Waals surface area contributed by atoms with E-state index < -0.39 is 5.60 Å². The lowest BCUT2D eigenvalue weighted by Gasteiger charge is -2.39. The van der Waals surface area contributed by atoms with Crippen molar-refractivity contribution in [1.82, 2.24) is 4.98 Å². The summed E-state index contributed by atoms with van der Waals surface area (Å²) in [5.41, 5.74) is 3.41. The van der Waals surface area contributed by atoms with Gasteiger partial charge in [-0.1, -0.05) is 42.5 Å². The molecule has 0 N–H and O–H groups in total. The van der Waals surface area contributed by atoms with Crippen molar-refractivity contribution in [2.24, 2.45) is 0 Å². The predicted octanol–water partition coefficient (Wildman–Crippen LogP) is 5.01. The first-order chi connectivity index (χ1) is 12.7. The molecular formula is C22H20N2O2. The maximum Gasteiger partial charge on any atom is 0.415 e. The highest BCUT2D eigenvalue weighted by Gasteiger charge is 2.38. The zero-order valence-electron chi connectivity index (χ0n) is 14.6. The van der Waals surface area contributed by atoms with Crippen LogP contribution in [-0.4, -0.2) is 17.6 Å². The van der Waals surface area contributed by atoms with E-state index in [1.165, 1.54) is 0 Å². The number of amides is 1. The summed E-state index contributed by atoms with van der Waals surface area (Å²) in [4.78, 5) is 18.5. The highest BCUT2D eigenvalue weighted by atomic mass is 16.6. The van der Waals surface area contributed by atoms with E-state index in [-0.39, 0.29) is 6.09 Å². The zero-order valence-corrected chi connectivity index (χ0v) is 14.6. The number of benzene rings is 2. The van der Waals surface area contributed by atoms with E-state index in [0.717, 1.165) is 28.8 Å². The highest BCUT2D eigenvalue weighted by molar-refractivity contribution is 5.89. The molecule has 1 aliphatic heterocycles. The standard InChI is InChI=1S/C22H20N2O2/c1-22(19-7-3-2-4-8-19)12-15-24(21(25)26-22)20-9-5-6-18(16-20)17-10-13-23-14-11-17/h2-11,13-14,16H,12,15H2,1H3. The lowest BCUT2D eigenvalue weighted by molar-refractivity contribution is 0.00583. The molecule has 2 aromatic carbocycles. The van der Waals surface area contributed by atoms with Crippen molar-refractivity contribution in [1.29, 1.82) is 0 Å². The van der Waals surface area contributed by atoms with Crippen LogP contribution in [0.15, 0.2) is 79.1 Å². The third-order valence-corrected chi connectivity index (χ3v) is 4.90. The summed E-state index contributed by atoms with van der Waals surface area (Å²) in [7, 11) is 0. The highest BCUT2D eigenvalue weighted by Crippen LogP contribution is 2.36. The van der Waals surface area contributed by atoms with E-state index in [4.69, 9.17) is 4.74 Å². The minimum absolute atomic E-state index is 0.311. The van der Waals surface area contributed by atoms with Gasteiger partial charge in [0.05, 0.1) is 0 Å². The van der Waals surface area contributed by atoms with Crippen LogP contribution >= 0.6 is 0 Å². The number of hydrogen-bond acceptors (Lipinski definition) is 3. The fraction of sp³-hybridized carbons (Fsp3) is 0.182. The molecular weight excluding hydrogens is 324 g/mol. The van der Waals surface area contributed by atoms with Crippen LogP contribution in [0, 0.1) is 0 Å². The Morgan fingerprint density at radius 3 is 2.46 bits per heavy atom. The SMILES string of the molecule is CC1(c2ccccc2)CCN(c2cccc(-c3ccncc3)c2)C(=O)O1. The minimum Gasteiger partial charge on any atom is -0.438 e. The quantitative estimate of drug-likeness (QED) is 0.671. The van der Waals surface area contributed by atoms with Crippen molar-refractivity contribution in [2.45, 2.75) is 18.9 Å². The monoisotopic (exact) mass is 344 g/mol. The number of ether oxygens (including phenoxy) is 1. The Kier molecular flexibility index (Phi) is 4.17. The lowest BCUT2D eigenvalue weighted by Crippen LogP contribution is -2.46. The first-order valence-corrected chi connectivity index (χ1v) is 8.72. The number of cyclic esters (lactones) is 1. The maximum absolute atomic E-state index is 12.7. The van der Waals surface area contributed by atoms with E-state index in [1.807, 2.05) is 73.7 Å². The average Bonchev–Trinajstić information content (AvgIpc) is 2.69. The van der Waals surface area contributed by atoms with Gasteiger partial charge in [0.15, 0.2) is 0 Å². The molecule has 1 fully saturated rings. The molecule has 4 rings (SSSR count). The number of carbonyl (C=O) groups is 1. The van der Waals surface area contributed by atoms with Crippen LogP contribution in [0.25, 0.3) is 11.1 Å². The van der Waals surface area contributed by atoms with Crippen molar-refractivity contribution < 1.29 is 9.53 Å². The van der Waals surface area contributed by atoms with E-state index >= 15 is 0 Å². The van der Waals surface area contributed by atoms with Crippen LogP contribution in [0.2, 0.25) is 0 Å². The molecule has 1 aromatic heterocycles. The van der Waals surface area contributed by atoms with E-state index in [0.29, 0.717) is 6.54 Å².